The van der Waals surface area contributed by atoms with Gasteiger partial charge in [-0.3, -0.25) is 18.6 Å². The summed E-state index contributed by atoms with van der Waals surface area (Å²) < 4.78 is 29.6. The number of amides is 1. The Labute approximate surface area is 210 Å². The smallest absolute Gasteiger partial charge is 0.295 e. The number of rotatable bonds is 7. The number of carbonyl (C=O) groups excluding carboxylic acids is 1. The number of carbonyl (C=O) groups is 1. The normalized spacial score (nSPS) is 11.3. The molecule has 0 aliphatic heterocycles. The molecule has 186 valence electrons. The highest BCUT2D eigenvalue weighted by atomic mass is 32.2. The van der Waals surface area contributed by atoms with E-state index in [0.717, 1.165) is 17.4 Å². The lowest BCUT2D eigenvalue weighted by atomic mass is 10.1. The minimum atomic E-state index is -3.57. The standard InChI is InChI=1S/C27H28N4O4S/c1-19-10-8-9-11-22(19)18-30(36(4,34)35)23-16-14-21(15-17-23)26(32)28-25-20(2)29(3)31(27(25)33)24-12-6-5-7-13-24/h5-17H,18H2,1-4H3,(H,28,32). The van der Waals surface area contributed by atoms with Crippen molar-refractivity contribution in [3.8, 4) is 5.69 Å². The van der Waals surface area contributed by atoms with Gasteiger partial charge in [-0.1, -0.05) is 42.5 Å². The fraction of sp³-hybridized carbons (Fsp3) is 0.185. The van der Waals surface area contributed by atoms with Gasteiger partial charge < -0.3 is 5.32 Å². The minimum Gasteiger partial charge on any atom is -0.316 e. The van der Waals surface area contributed by atoms with Crippen LogP contribution in [0.1, 0.15) is 27.2 Å². The number of nitrogens with one attached hydrogen (secondary N) is 1. The number of sulfonamides is 1. The molecule has 8 nitrogen and oxygen atoms in total. The maximum absolute atomic E-state index is 13.1. The summed E-state index contributed by atoms with van der Waals surface area (Å²) in [6.45, 7) is 3.87. The van der Waals surface area contributed by atoms with E-state index in [9.17, 15) is 18.0 Å². The Kier molecular flexibility index (Phi) is 6.85. The summed E-state index contributed by atoms with van der Waals surface area (Å²) in [7, 11) is -1.82. The van der Waals surface area contributed by atoms with E-state index in [0.29, 0.717) is 22.6 Å². The molecule has 4 rings (SSSR count). The Morgan fingerprint density at radius 1 is 0.917 bits per heavy atom. The zero-order valence-corrected chi connectivity index (χ0v) is 21.4. The highest BCUT2D eigenvalue weighted by molar-refractivity contribution is 7.92. The number of hydrogen-bond acceptors (Lipinski definition) is 4. The molecule has 0 atom stereocenters. The number of aromatic nitrogens is 2. The highest BCUT2D eigenvalue weighted by Gasteiger charge is 2.21. The van der Waals surface area contributed by atoms with Crippen LogP contribution in [0.5, 0.6) is 0 Å². The summed E-state index contributed by atoms with van der Waals surface area (Å²) in [5.74, 6) is -0.461. The molecule has 36 heavy (non-hydrogen) atoms. The Hall–Kier alpha value is -4.11. The summed E-state index contributed by atoms with van der Waals surface area (Å²) in [6.07, 6.45) is 1.15. The third-order valence-corrected chi connectivity index (χ3v) is 7.33. The Morgan fingerprint density at radius 2 is 1.53 bits per heavy atom. The summed E-state index contributed by atoms with van der Waals surface area (Å²) in [5.41, 5.74) is 3.76. The van der Waals surface area contributed by atoms with Crippen molar-refractivity contribution in [2.45, 2.75) is 20.4 Å². The molecule has 9 heteroatoms. The van der Waals surface area contributed by atoms with Gasteiger partial charge in [0.05, 0.1) is 29.9 Å². The number of anilines is 2. The van der Waals surface area contributed by atoms with Crippen LogP contribution < -0.4 is 15.2 Å². The Balaban J connectivity index is 1.59. The average Bonchev–Trinajstić information content (AvgIpc) is 3.06. The van der Waals surface area contributed by atoms with Crippen LogP contribution in [0.15, 0.2) is 83.7 Å². The molecular weight excluding hydrogens is 476 g/mol. The van der Waals surface area contributed by atoms with Crippen LogP contribution in [0.3, 0.4) is 0 Å². The molecule has 4 aromatic rings. The van der Waals surface area contributed by atoms with E-state index in [1.54, 1.807) is 42.9 Å². The van der Waals surface area contributed by atoms with E-state index >= 15 is 0 Å². The predicted octanol–water partition coefficient (Wildman–Crippen LogP) is 4.01. The van der Waals surface area contributed by atoms with Crippen molar-refractivity contribution in [2.75, 3.05) is 15.9 Å². The van der Waals surface area contributed by atoms with E-state index in [2.05, 4.69) is 5.32 Å². The maximum Gasteiger partial charge on any atom is 0.295 e. The van der Waals surface area contributed by atoms with Crippen molar-refractivity contribution in [1.29, 1.82) is 0 Å². The first-order valence-corrected chi connectivity index (χ1v) is 13.2. The zero-order chi connectivity index (χ0) is 26.0. The monoisotopic (exact) mass is 504 g/mol. The molecule has 0 aliphatic carbocycles. The number of hydrogen-bond donors (Lipinski definition) is 1. The molecule has 1 amide bonds. The van der Waals surface area contributed by atoms with E-state index in [1.807, 2.05) is 61.5 Å². The van der Waals surface area contributed by atoms with E-state index in [4.69, 9.17) is 0 Å². The number of para-hydroxylation sites is 1. The quantitative estimate of drug-likeness (QED) is 0.412. The van der Waals surface area contributed by atoms with Gasteiger partial charge in [-0.25, -0.2) is 13.1 Å². The fourth-order valence-corrected chi connectivity index (χ4v) is 4.90. The minimum absolute atomic E-state index is 0.180. The van der Waals surface area contributed by atoms with Gasteiger partial charge in [-0.15, -0.1) is 0 Å². The molecule has 0 saturated heterocycles. The van der Waals surface area contributed by atoms with Crippen LogP contribution in [0.4, 0.5) is 11.4 Å². The van der Waals surface area contributed by atoms with Crippen molar-refractivity contribution >= 4 is 27.3 Å². The second-order valence-corrected chi connectivity index (χ2v) is 10.5. The SMILES string of the molecule is Cc1ccccc1CN(c1ccc(C(=O)Nc2c(C)n(C)n(-c3ccccc3)c2=O)cc1)S(C)(=O)=O. The molecule has 1 aromatic heterocycles. The van der Waals surface area contributed by atoms with Crippen molar-refractivity contribution in [2.24, 2.45) is 7.05 Å². The molecule has 3 aromatic carbocycles. The first-order chi connectivity index (χ1) is 17.1. The molecule has 0 saturated carbocycles. The van der Waals surface area contributed by atoms with Gasteiger partial charge in [-0.05, 0) is 61.4 Å². The van der Waals surface area contributed by atoms with Gasteiger partial charge in [0.1, 0.15) is 5.69 Å². The Morgan fingerprint density at radius 3 is 2.14 bits per heavy atom. The molecule has 0 spiro atoms. The molecule has 0 bridgehead atoms. The molecule has 0 unspecified atom stereocenters. The molecule has 0 radical (unpaired) electrons. The summed E-state index contributed by atoms with van der Waals surface area (Å²) in [6, 6.07) is 23.0. The zero-order valence-electron chi connectivity index (χ0n) is 20.6. The van der Waals surface area contributed by atoms with Gasteiger partial charge in [0.2, 0.25) is 10.0 Å². The molecule has 1 heterocycles. The lowest BCUT2D eigenvalue weighted by molar-refractivity contribution is 0.102. The lowest BCUT2D eigenvalue weighted by Crippen LogP contribution is -2.29. The van der Waals surface area contributed by atoms with Crippen LogP contribution in [0, 0.1) is 13.8 Å². The molecule has 0 fully saturated rings. The third kappa shape index (κ3) is 4.96. The average molecular weight is 505 g/mol. The van der Waals surface area contributed by atoms with Crippen LogP contribution in [-0.2, 0) is 23.6 Å². The van der Waals surface area contributed by atoms with Gasteiger partial charge in [0, 0.05) is 12.6 Å². The largest absolute Gasteiger partial charge is 0.316 e. The van der Waals surface area contributed by atoms with Crippen molar-refractivity contribution in [3.05, 3.63) is 112 Å². The topological polar surface area (TPSA) is 93.4 Å². The molecule has 1 N–H and O–H groups in total. The highest BCUT2D eigenvalue weighted by Crippen LogP contribution is 2.23. The summed E-state index contributed by atoms with van der Waals surface area (Å²) >= 11 is 0. The van der Waals surface area contributed by atoms with Crippen molar-refractivity contribution in [1.82, 2.24) is 9.36 Å². The lowest BCUT2D eigenvalue weighted by Gasteiger charge is -2.23. The second kappa shape index (κ2) is 9.87. The summed E-state index contributed by atoms with van der Waals surface area (Å²) in [5, 5.41) is 2.73. The van der Waals surface area contributed by atoms with Crippen molar-refractivity contribution < 1.29 is 13.2 Å². The van der Waals surface area contributed by atoms with E-state index < -0.39 is 15.9 Å². The van der Waals surface area contributed by atoms with Gasteiger partial charge in [0.15, 0.2) is 0 Å². The Bertz CT molecular complexity index is 1570. The number of aryl methyl sites for hydroxylation is 1. The van der Waals surface area contributed by atoms with Gasteiger partial charge in [-0.2, -0.15) is 0 Å². The maximum atomic E-state index is 13.1. The summed E-state index contributed by atoms with van der Waals surface area (Å²) in [4.78, 5) is 26.1. The van der Waals surface area contributed by atoms with Crippen LogP contribution in [0.2, 0.25) is 0 Å². The molecule has 0 aliphatic rings. The number of nitrogens with zero attached hydrogens (tertiary/aromatic N) is 3. The van der Waals surface area contributed by atoms with E-state index in [1.165, 1.54) is 8.99 Å². The van der Waals surface area contributed by atoms with E-state index in [-0.39, 0.29) is 17.8 Å². The first-order valence-electron chi connectivity index (χ1n) is 11.4. The fourth-order valence-electron chi connectivity index (χ4n) is 4.02. The molecular formula is C27H28N4O4S. The van der Waals surface area contributed by atoms with Gasteiger partial charge >= 0.3 is 0 Å². The van der Waals surface area contributed by atoms with Crippen LogP contribution >= 0.6 is 0 Å². The predicted molar refractivity (Wildman–Crippen MR) is 142 cm³/mol. The van der Waals surface area contributed by atoms with Crippen molar-refractivity contribution in [3.63, 3.8) is 0 Å². The van der Waals surface area contributed by atoms with Crippen LogP contribution in [0.25, 0.3) is 5.69 Å². The third-order valence-electron chi connectivity index (χ3n) is 6.19. The number of benzene rings is 3. The van der Waals surface area contributed by atoms with Gasteiger partial charge in [0.25, 0.3) is 11.5 Å². The first kappa shape index (κ1) is 25.0. The van der Waals surface area contributed by atoms with Crippen LogP contribution in [-0.4, -0.2) is 29.9 Å². The second-order valence-electron chi connectivity index (χ2n) is 8.63.